The number of benzene rings is 1. The number of carbonyl (C=O) groups excluding carboxylic acids is 1. The molecule has 0 spiro atoms. The van der Waals surface area contributed by atoms with E-state index < -0.39 is 0 Å². The third kappa shape index (κ3) is 2.56. The lowest BCUT2D eigenvalue weighted by atomic mass is 10.1. The summed E-state index contributed by atoms with van der Waals surface area (Å²) in [4.78, 5) is 10.9. The van der Waals surface area contributed by atoms with Crippen molar-refractivity contribution in [3.05, 3.63) is 53.4 Å². The van der Waals surface area contributed by atoms with Gasteiger partial charge in [-0.1, -0.05) is 18.2 Å². The van der Waals surface area contributed by atoms with Crippen molar-refractivity contribution in [3.8, 4) is 0 Å². The molecule has 1 aromatic rings. The third-order valence-electron chi connectivity index (χ3n) is 2.83. The van der Waals surface area contributed by atoms with Crippen molar-refractivity contribution < 1.29 is 4.79 Å². The number of rotatable bonds is 4. The molecular weight excluding hydrogens is 212 g/mol. The smallest absolute Gasteiger partial charge is 0.152 e. The van der Waals surface area contributed by atoms with Crippen molar-refractivity contribution in [1.29, 1.82) is 0 Å². The first-order valence-electron chi connectivity index (χ1n) is 5.74. The van der Waals surface area contributed by atoms with E-state index in [1.165, 1.54) is 5.70 Å². The number of hydrogen-bond donors (Lipinski definition) is 2. The van der Waals surface area contributed by atoms with E-state index in [0.29, 0.717) is 5.56 Å². The minimum atomic E-state index is 0.675. The highest BCUT2D eigenvalue weighted by Gasteiger charge is 2.08. The van der Waals surface area contributed by atoms with Gasteiger partial charge in [-0.2, -0.15) is 0 Å². The lowest BCUT2D eigenvalue weighted by molar-refractivity contribution is 0.112. The summed E-state index contributed by atoms with van der Waals surface area (Å²) in [5, 5.41) is 6.49. The fraction of sp³-hybridized carbons (Fsp3) is 0.214. The molecule has 3 nitrogen and oxygen atoms in total. The highest BCUT2D eigenvalue weighted by molar-refractivity contribution is 5.84. The van der Waals surface area contributed by atoms with Crippen LogP contribution in [0.15, 0.2) is 47.8 Å². The summed E-state index contributed by atoms with van der Waals surface area (Å²) in [5.74, 6) is 0. The minimum Gasteiger partial charge on any atom is -0.390 e. The lowest BCUT2D eigenvalue weighted by Crippen LogP contribution is -2.15. The first-order valence-corrected chi connectivity index (χ1v) is 5.74. The maximum Gasteiger partial charge on any atom is 0.152 e. The van der Waals surface area contributed by atoms with Crippen molar-refractivity contribution in [2.75, 3.05) is 12.4 Å². The molecule has 0 bridgehead atoms. The summed E-state index contributed by atoms with van der Waals surface area (Å²) in [6.07, 6.45) is 7.10. The van der Waals surface area contributed by atoms with Gasteiger partial charge in [0.15, 0.2) is 6.29 Å². The number of hydrogen-bond acceptors (Lipinski definition) is 3. The molecule has 1 aromatic carbocycles. The number of carbonyl (C=O) groups is 1. The van der Waals surface area contributed by atoms with Crippen molar-refractivity contribution in [3.63, 3.8) is 0 Å². The molecule has 88 valence electrons. The van der Waals surface area contributed by atoms with E-state index in [4.69, 9.17) is 0 Å². The topological polar surface area (TPSA) is 41.1 Å². The molecule has 1 aliphatic rings. The average Bonchev–Trinajstić information content (AvgIpc) is 2.40. The largest absolute Gasteiger partial charge is 0.390 e. The van der Waals surface area contributed by atoms with Gasteiger partial charge in [0.1, 0.15) is 0 Å². The van der Waals surface area contributed by atoms with Crippen molar-refractivity contribution in [2.45, 2.75) is 12.8 Å². The molecular formula is C14H16N2O. The normalized spacial score (nSPS) is 14.6. The predicted molar refractivity (Wildman–Crippen MR) is 69.9 cm³/mol. The third-order valence-corrected chi connectivity index (χ3v) is 2.83. The zero-order valence-electron chi connectivity index (χ0n) is 9.86. The zero-order chi connectivity index (χ0) is 12.1. The maximum absolute atomic E-state index is 10.9. The maximum atomic E-state index is 10.9. The van der Waals surface area contributed by atoms with E-state index in [2.05, 4.69) is 22.8 Å². The number of aldehydes is 1. The summed E-state index contributed by atoms with van der Waals surface area (Å²) < 4.78 is 0. The molecule has 0 atom stereocenters. The van der Waals surface area contributed by atoms with Crippen LogP contribution in [-0.4, -0.2) is 13.3 Å². The SMILES string of the molecule is CNC1=C(Nc2ccccc2C=O)C=CCC1. The molecule has 0 saturated heterocycles. The van der Waals surface area contributed by atoms with Crippen LogP contribution in [0, 0.1) is 0 Å². The second-order valence-electron chi connectivity index (χ2n) is 3.91. The molecule has 0 aromatic heterocycles. The first-order chi connectivity index (χ1) is 8.35. The first kappa shape index (κ1) is 11.5. The van der Waals surface area contributed by atoms with E-state index in [9.17, 15) is 4.79 Å². The Morgan fingerprint density at radius 1 is 1.29 bits per heavy atom. The molecule has 0 amide bonds. The second-order valence-corrected chi connectivity index (χ2v) is 3.91. The summed E-state index contributed by atoms with van der Waals surface area (Å²) in [6, 6.07) is 7.49. The van der Waals surface area contributed by atoms with E-state index in [0.717, 1.165) is 30.5 Å². The van der Waals surface area contributed by atoms with E-state index >= 15 is 0 Å². The van der Waals surface area contributed by atoms with Crippen molar-refractivity contribution in [1.82, 2.24) is 5.32 Å². The molecule has 2 rings (SSSR count). The van der Waals surface area contributed by atoms with Crippen LogP contribution in [0.1, 0.15) is 23.2 Å². The van der Waals surface area contributed by atoms with Gasteiger partial charge in [-0.05, 0) is 31.1 Å². The van der Waals surface area contributed by atoms with Gasteiger partial charge in [0.2, 0.25) is 0 Å². The Hall–Kier alpha value is -2.03. The monoisotopic (exact) mass is 228 g/mol. The van der Waals surface area contributed by atoms with Crippen molar-refractivity contribution in [2.24, 2.45) is 0 Å². The summed E-state index contributed by atoms with van der Waals surface area (Å²) in [6.45, 7) is 0. The van der Waals surface area contributed by atoms with Crippen LogP contribution in [0.4, 0.5) is 5.69 Å². The van der Waals surface area contributed by atoms with E-state index in [-0.39, 0.29) is 0 Å². The van der Waals surface area contributed by atoms with Gasteiger partial charge in [-0.3, -0.25) is 4.79 Å². The molecule has 0 saturated carbocycles. The fourth-order valence-electron chi connectivity index (χ4n) is 1.90. The second kappa shape index (κ2) is 5.34. The highest BCUT2D eigenvalue weighted by Crippen LogP contribution is 2.21. The molecule has 0 fully saturated rings. The van der Waals surface area contributed by atoms with Crippen molar-refractivity contribution >= 4 is 12.0 Å². The van der Waals surface area contributed by atoms with Gasteiger partial charge in [0.05, 0.1) is 5.70 Å². The van der Waals surface area contributed by atoms with Crippen LogP contribution in [0.5, 0.6) is 0 Å². The number of anilines is 1. The average molecular weight is 228 g/mol. The van der Waals surface area contributed by atoms with Crippen LogP contribution in [0.25, 0.3) is 0 Å². The van der Waals surface area contributed by atoms with Gasteiger partial charge >= 0.3 is 0 Å². The number of nitrogens with one attached hydrogen (secondary N) is 2. The van der Waals surface area contributed by atoms with Crippen LogP contribution < -0.4 is 10.6 Å². The molecule has 0 unspecified atom stereocenters. The molecule has 17 heavy (non-hydrogen) atoms. The summed E-state index contributed by atoms with van der Waals surface area (Å²) >= 11 is 0. The Kier molecular flexibility index (Phi) is 3.60. The lowest BCUT2D eigenvalue weighted by Gasteiger charge is -2.18. The molecule has 1 aliphatic carbocycles. The quantitative estimate of drug-likeness (QED) is 0.778. The van der Waals surface area contributed by atoms with Gasteiger partial charge in [-0.15, -0.1) is 0 Å². The molecule has 3 heteroatoms. The predicted octanol–water partition coefficient (Wildman–Crippen LogP) is 2.69. The Balaban J connectivity index is 2.28. The summed E-state index contributed by atoms with van der Waals surface area (Å²) in [5.41, 5.74) is 3.73. The van der Waals surface area contributed by atoms with Gasteiger partial charge in [0.25, 0.3) is 0 Å². The fourth-order valence-corrected chi connectivity index (χ4v) is 1.90. The molecule has 0 radical (unpaired) electrons. The van der Waals surface area contributed by atoms with Crippen LogP contribution in [-0.2, 0) is 0 Å². The zero-order valence-corrected chi connectivity index (χ0v) is 9.86. The minimum absolute atomic E-state index is 0.675. The number of para-hydroxylation sites is 1. The standard InChI is InChI=1S/C14H16N2O/c1-15-13-8-4-5-9-14(13)16-12-7-3-2-6-11(12)10-17/h2-3,5-7,9-10,15-16H,4,8H2,1H3. The van der Waals surface area contributed by atoms with Crippen LogP contribution in [0.3, 0.4) is 0 Å². The summed E-state index contributed by atoms with van der Waals surface area (Å²) in [7, 11) is 1.92. The van der Waals surface area contributed by atoms with Crippen LogP contribution in [0.2, 0.25) is 0 Å². The van der Waals surface area contributed by atoms with E-state index in [1.54, 1.807) is 0 Å². The Bertz CT molecular complexity index is 475. The molecule has 0 heterocycles. The number of allylic oxidation sites excluding steroid dienone is 3. The van der Waals surface area contributed by atoms with E-state index in [1.807, 2.05) is 31.3 Å². The Morgan fingerprint density at radius 2 is 2.12 bits per heavy atom. The highest BCUT2D eigenvalue weighted by atomic mass is 16.1. The molecule has 2 N–H and O–H groups in total. The van der Waals surface area contributed by atoms with Gasteiger partial charge in [0, 0.05) is 24.0 Å². The van der Waals surface area contributed by atoms with Gasteiger partial charge in [-0.25, -0.2) is 0 Å². The Morgan fingerprint density at radius 3 is 2.88 bits per heavy atom. The Labute approximate surface area is 101 Å². The van der Waals surface area contributed by atoms with Gasteiger partial charge < -0.3 is 10.6 Å². The van der Waals surface area contributed by atoms with Crippen LogP contribution >= 0.6 is 0 Å². The molecule has 0 aliphatic heterocycles.